The van der Waals surface area contributed by atoms with Crippen molar-refractivity contribution in [2.24, 2.45) is 0 Å². The van der Waals surface area contributed by atoms with Gasteiger partial charge >= 0.3 is 0 Å². The van der Waals surface area contributed by atoms with Gasteiger partial charge in [-0.15, -0.1) is 6.58 Å². The van der Waals surface area contributed by atoms with Gasteiger partial charge in [0.2, 0.25) is 5.91 Å². The Kier molecular flexibility index (Phi) is 5.25. The first-order valence-electron chi connectivity index (χ1n) is 5.22. The first-order valence-corrected chi connectivity index (χ1v) is 5.60. The SMILES string of the molecule is C=CCCC(=O)NC(C#N)c1cccc(Cl)c1. The van der Waals surface area contributed by atoms with Gasteiger partial charge in [-0.25, -0.2) is 0 Å². The van der Waals surface area contributed by atoms with Gasteiger partial charge in [-0.2, -0.15) is 5.26 Å². The van der Waals surface area contributed by atoms with Crippen LogP contribution >= 0.6 is 11.6 Å². The molecule has 0 bridgehead atoms. The van der Waals surface area contributed by atoms with E-state index < -0.39 is 6.04 Å². The third kappa shape index (κ3) is 4.29. The van der Waals surface area contributed by atoms with E-state index in [1.807, 2.05) is 6.07 Å². The first kappa shape index (κ1) is 13.3. The number of hydrogen-bond acceptors (Lipinski definition) is 2. The molecule has 0 saturated heterocycles. The molecule has 1 atom stereocenters. The Bertz CT molecular complexity index is 451. The van der Waals surface area contributed by atoms with Crippen LogP contribution < -0.4 is 5.32 Å². The second-order valence-corrected chi connectivity index (χ2v) is 3.95. The number of benzene rings is 1. The van der Waals surface area contributed by atoms with Crippen LogP contribution in [0.3, 0.4) is 0 Å². The number of nitrogens with zero attached hydrogens (tertiary/aromatic N) is 1. The zero-order chi connectivity index (χ0) is 12.7. The Morgan fingerprint density at radius 1 is 1.65 bits per heavy atom. The van der Waals surface area contributed by atoms with Gasteiger partial charge in [-0.05, 0) is 24.1 Å². The normalized spacial score (nSPS) is 11.3. The lowest BCUT2D eigenvalue weighted by Crippen LogP contribution is -2.27. The van der Waals surface area contributed by atoms with Crippen molar-refractivity contribution in [3.8, 4) is 6.07 Å². The van der Waals surface area contributed by atoms with E-state index in [2.05, 4.69) is 11.9 Å². The molecule has 0 aromatic heterocycles. The van der Waals surface area contributed by atoms with Gasteiger partial charge in [0.25, 0.3) is 0 Å². The van der Waals surface area contributed by atoms with Gasteiger partial charge in [0.05, 0.1) is 6.07 Å². The number of carbonyl (C=O) groups is 1. The molecular formula is C13H13ClN2O. The maximum atomic E-state index is 11.5. The third-order valence-corrected chi connectivity index (χ3v) is 2.43. The van der Waals surface area contributed by atoms with Crippen molar-refractivity contribution in [1.82, 2.24) is 5.32 Å². The summed E-state index contributed by atoms with van der Waals surface area (Å²) >= 11 is 5.83. The summed E-state index contributed by atoms with van der Waals surface area (Å²) in [5, 5.41) is 12.2. The average Bonchev–Trinajstić information content (AvgIpc) is 2.33. The van der Waals surface area contributed by atoms with Crippen LogP contribution in [0.25, 0.3) is 0 Å². The van der Waals surface area contributed by atoms with Crippen LogP contribution in [-0.4, -0.2) is 5.91 Å². The molecule has 1 unspecified atom stereocenters. The largest absolute Gasteiger partial charge is 0.337 e. The molecule has 1 aromatic rings. The molecule has 1 aromatic carbocycles. The van der Waals surface area contributed by atoms with Crippen LogP contribution in [0, 0.1) is 11.3 Å². The molecule has 1 N–H and O–H groups in total. The molecule has 1 rings (SSSR count). The summed E-state index contributed by atoms with van der Waals surface area (Å²) < 4.78 is 0. The van der Waals surface area contributed by atoms with Crippen LogP contribution in [0.4, 0.5) is 0 Å². The average molecular weight is 249 g/mol. The minimum atomic E-state index is -0.661. The highest BCUT2D eigenvalue weighted by molar-refractivity contribution is 6.30. The number of rotatable bonds is 5. The number of carbonyl (C=O) groups excluding carboxylic acids is 1. The van der Waals surface area contributed by atoms with Gasteiger partial charge in [-0.1, -0.05) is 29.8 Å². The highest BCUT2D eigenvalue weighted by atomic mass is 35.5. The van der Waals surface area contributed by atoms with E-state index in [4.69, 9.17) is 16.9 Å². The summed E-state index contributed by atoms with van der Waals surface area (Å²) in [6.07, 6.45) is 2.60. The second-order valence-electron chi connectivity index (χ2n) is 3.51. The zero-order valence-corrected chi connectivity index (χ0v) is 10.1. The molecule has 0 fully saturated rings. The maximum Gasteiger partial charge on any atom is 0.221 e. The summed E-state index contributed by atoms with van der Waals surface area (Å²) in [5.74, 6) is -0.170. The van der Waals surface area contributed by atoms with E-state index in [0.717, 1.165) is 0 Å². The van der Waals surface area contributed by atoms with Gasteiger partial charge in [0.15, 0.2) is 0 Å². The van der Waals surface area contributed by atoms with Crippen LogP contribution in [0.1, 0.15) is 24.4 Å². The van der Waals surface area contributed by atoms with Gasteiger partial charge in [0.1, 0.15) is 6.04 Å². The molecule has 88 valence electrons. The van der Waals surface area contributed by atoms with E-state index >= 15 is 0 Å². The van der Waals surface area contributed by atoms with Gasteiger partial charge < -0.3 is 5.32 Å². The minimum Gasteiger partial charge on any atom is -0.337 e. The minimum absolute atomic E-state index is 0.170. The Labute approximate surface area is 106 Å². The molecule has 0 aliphatic heterocycles. The number of nitriles is 1. The summed E-state index contributed by atoms with van der Waals surface area (Å²) in [5.41, 5.74) is 0.687. The number of nitrogens with one attached hydrogen (secondary N) is 1. The predicted molar refractivity (Wildman–Crippen MR) is 67.4 cm³/mol. The Morgan fingerprint density at radius 2 is 2.41 bits per heavy atom. The van der Waals surface area contributed by atoms with E-state index in [1.54, 1.807) is 30.3 Å². The molecule has 0 aliphatic rings. The zero-order valence-electron chi connectivity index (χ0n) is 9.32. The number of allylic oxidation sites excluding steroid dienone is 1. The molecule has 4 heteroatoms. The molecule has 17 heavy (non-hydrogen) atoms. The predicted octanol–water partition coefficient (Wildman–Crippen LogP) is 2.99. The van der Waals surface area contributed by atoms with Crippen LogP contribution in [-0.2, 0) is 4.79 Å². The van der Waals surface area contributed by atoms with Crippen LogP contribution in [0.15, 0.2) is 36.9 Å². The lowest BCUT2D eigenvalue weighted by atomic mass is 10.1. The Morgan fingerprint density at radius 3 is 3.00 bits per heavy atom. The van der Waals surface area contributed by atoms with E-state index in [1.165, 1.54) is 0 Å². The van der Waals surface area contributed by atoms with E-state index in [-0.39, 0.29) is 5.91 Å². The van der Waals surface area contributed by atoms with E-state index in [0.29, 0.717) is 23.4 Å². The lowest BCUT2D eigenvalue weighted by Gasteiger charge is -2.11. The molecule has 0 radical (unpaired) electrons. The highest BCUT2D eigenvalue weighted by Crippen LogP contribution is 2.17. The second kappa shape index (κ2) is 6.72. The quantitative estimate of drug-likeness (QED) is 0.815. The monoisotopic (exact) mass is 248 g/mol. The first-order chi connectivity index (χ1) is 8.17. The standard InChI is InChI=1S/C13H13ClN2O/c1-2-3-7-13(17)16-12(9-15)10-5-4-6-11(14)8-10/h2,4-6,8,12H,1,3,7H2,(H,16,17). The van der Waals surface area contributed by atoms with Crippen molar-refractivity contribution in [3.63, 3.8) is 0 Å². The fraction of sp³-hybridized carbons (Fsp3) is 0.231. The molecular weight excluding hydrogens is 236 g/mol. The molecule has 0 spiro atoms. The van der Waals surface area contributed by atoms with E-state index in [9.17, 15) is 4.79 Å². The Hall–Kier alpha value is -1.79. The molecule has 0 saturated carbocycles. The number of hydrogen-bond donors (Lipinski definition) is 1. The summed E-state index contributed by atoms with van der Waals surface area (Å²) in [7, 11) is 0. The highest BCUT2D eigenvalue weighted by Gasteiger charge is 2.13. The van der Waals surface area contributed by atoms with Crippen molar-refractivity contribution in [3.05, 3.63) is 47.5 Å². The lowest BCUT2D eigenvalue weighted by molar-refractivity contribution is -0.121. The fourth-order valence-corrected chi connectivity index (χ4v) is 1.54. The van der Waals surface area contributed by atoms with Crippen molar-refractivity contribution >= 4 is 17.5 Å². The van der Waals surface area contributed by atoms with Crippen molar-refractivity contribution in [1.29, 1.82) is 5.26 Å². The molecule has 3 nitrogen and oxygen atoms in total. The van der Waals surface area contributed by atoms with Gasteiger partial charge in [-0.3, -0.25) is 4.79 Å². The summed E-state index contributed by atoms with van der Waals surface area (Å²) in [6.45, 7) is 3.54. The van der Waals surface area contributed by atoms with Crippen LogP contribution in [0.2, 0.25) is 5.02 Å². The third-order valence-electron chi connectivity index (χ3n) is 2.19. The number of halogens is 1. The molecule has 1 amide bonds. The van der Waals surface area contributed by atoms with Crippen LogP contribution in [0.5, 0.6) is 0 Å². The maximum absolute atomic E-state index is 11.5. The fourth-order valence-electron chi connectivity index (χ4n) is 1.34. The molecule has 0 aliphatic carbocycles. The topological polar surface area (TPSA) is 52.9 Å². The Balaban J connectivity index is 2.70. The molecule has 0 heterocycles. The van der Waals surface area contributed by atoms with Crippen molar-refractivity contribution < 1.29 is 4.79 Å². The summed E-state index contributed by atoms with van der Waals surface area (Å²) in [4.78, 5) is 11.5. The number of amides is 1. The summed E-state index contributed by atoms with van der Waals surface area (Å²) in [6, 6.07) is 8.27. The van der Waals surface area contributed by atoms with Crippen molar-refractivity contribution in [2.45, 2.75) is 18.9 Å². The van der Waals surface area contributed by atoms with Gasteiger partial charge in [0, 0.05) is 11.4 Å². The smallest absolute Gasteiger partial charge is 0.221 e. The van der Waals surface area contributed by atoms with Crippen molar-refractivity contribution in [2.75, 3.05) is 0 Å².